The summed E-state index contributed by atoms with van der Waals surface area (Å²) in [5.41, 5.74) is 0. The summed E-state index contributed by atoms with van der Waals surface area (Å²) in [6, 6.07) is 4.90. The highest BCUT2D eigenvalue weighted by Crippen LogP contribution is 2.38. The van der Waals surface area contributed by atoms with E-state index < -0.39 is 0 Å². The molecular formula is C17H24N6O. The number of nitrogens with zero attached hydrogens (tertiary/aromatic N) is 6. The van der Waals surface area contributed by atoms with E-state index in [1.807, 2.05) is 0 Å². The number of nitriles is 2. The largest absolute Gasteiger partial charge is 0.339 e. The summed E-state index contributed by atoms with van der Waals surface area (Å²) in [5, 5.41) is 22.0. The molecule has 0 spiro atoms. The molecule has 7 nitrogen and oxygen atoms in total. The van der Waals surface area contributed by atoms with Gasteiger partial charge in [-0.3, -0.25) is 4.90 Å². The van der Waals surface area contributed by atoms with E-state index in [0.29, 0.717) is 31.3 Å². The molecule has 7 heteroatoms. The first kappa shape index (κ1) is 16.9. The van der Waals surface area contributed by atoms with Crippen LogP contribution in [0.1, 0.15) is 49.7 Å². The monoisotopic (exact) mass is 328 g/mol. The predicted octanol–water partition coefficient (Wildman–Crippen LogP) is 1.90. The number of likely N-dealkylation sites (tertiary alicyclic amines) is 1. The Morgan fingerprint density at radius 3 is 2.92 bits per heavy atom. The first-order chi connectivity index (χ1) is 11.7. The molecule has 1 aliphatic carbocycles. The third-order valence-electron chi connectivity index (χ3n) is 4.94. The van der Waals surface area contributed by atoms with Crippen LogP contribution in [-0.2, 0) is 6.54 Å². The molecule has 2 atom stereocenters. The quantitative estimate of drug-likeness (QED) is 0.719. The van der Waals surface area contributed by atoms with Gasteiger partial charge in [0.25, 0.3) is 0 Å². The number of hydrogen-bond donors (Lipinski definition) is 0. The fourth-order valence-electron chi connectivity index (χ4n) is 3.26. The third-order valence-corrected chi connectivity index (χ3v) is 4.94. The molecule has 1 aromatic rings. The van der Waals surface area contributed by atoms with Crippen LogP contribution in [0.3, 0.4) is 0 Å². The molecule has 1 aromatic heterocycles. The van der Waals surface area contributed by atoms with Crippen LogP contribution in [0.5, 0.6) is 0 Å². The molecule has 128 valence electrons. The van der Waals surface area contributed by atoms with Crippen molar-refractivity contribution < 1.29 is 4.52 Å². The zero-order valence-corrected chi connectivity index (χ0v) is 14.2. The molecule has 3 rings (SSSR count). The summed E-state index contributed by atoms with van der Waals surface area (Å²) in [4.78, 5) is 9.10. The smallest absolute Gasteiger partial charge is 0.229 e. The summed E-state index contributed by atoms with van der Waals surface area (Å²) in [6.45, 7) is 3.41. The Kier molecular flexibility index (Phi) is 5.44. The number of hydrogen-bond acceptors (Lipinski definition) is 7. The molecule has 2 aliphatic rings. The average molecular weight is 328 g/mol. The average Bonchev–Trinajstić information content (AvgIpc) is 3.15. The van der Waals surface area contributed by atoms with E-state index in [1.54, 1.807) is 0 Å². The van der Waals surface area contributed by atoms with Gasteiger partial charge in [0, 0.05) is 31.5 Å². The highest BCUT2D eigenvalue weighted by atomic mass is 16.5. The van der Waals surface area contributed by atoms with E-state index in [0.717, 1.165) is 37.8 Å². The molecule has 0 N–H and O–H groups in total. The van der Waals surface area contributed by atoms with Gasteiger partial charge < -0.3 is 9.42 Å². The van der Waals surface area contributed by atoms with Crippen LogP contribution < -0.4 is 0 Å². The molecule has 0 bridgehead atoms. The first-order valence-corrected chi connectivity index (χ1v) is 8.71. The number of likely N-dealkylation sites (N-methyl/N-ethyl adjacent to an activating group) is 1. The van der Waals surface area contributed by atoms with Crippen LogP contribution in [-0.4, -0.2) is 52.7 Å². The Bertz CT molecular complexity index is 626. The van der Waals surface area contributed by atoms with Gasteiger partial charge in [0.05, 0.1) is 24.6 Å². The minimum atomic E-state index is -0.0491. The molecule has 1 saturated carbocycles. The molecule has 0 amide bonds. The first-order valence-electron chi connectivity index (χ1n) is 8.71. The molecule has 1 saturated heterocycles. The van der Waals surface area contributed by atoms with Crippen molar-refractivity contribution in [3.05, 3.63) is 11.7 Å². The maximum Gasteiger partial charge on any atom is 0.229 e. The summed E-state index contributed by atoms with van der Waals surface area (Å²) in [5.74, 6) is 2.00. The Balaban J connectivity index is 1.45. The molecule has 2 heterocycles. The lowest BCUT2D eigenvalue weighted by molar-refractivity contribution is 0.212. The van der Waals surface area contributed by atoms with Gasteiger partial charge in [0.15, 0.2) is 5.82 Å². The Hall–Kier alpha value is -1.96. The van der Waals surface area contributed by atoms with Crippen LogP contribution in [0, 0.1) is 28.6 Å². The van der Waals surface area contributed by atoms with Crippen LogP contribution in [0.2, 0.25) is 0 Å². The topological polar surface area (TPSA) is 93.0 Å². The van der Waals surface area contributed by atoms with Crippen LogP contribution in [0.25, 0.3) is 0 Å². The van der Waals surface area contributed by atoms with Crippen molar-refractivity contribution in [2.24, 2.45) is 5.92 Å². The summed E-state index contributed by atoms with van der Waals surface area (Å²) >= 11 is 0. The molecule has 24 heavy (non-hydrogen) atoms. The number of rotatable bonds is 8. The van der Waals surface area contributed by atoms with Gasteiger partial charge in [-0.1, -0.05) is 5.16 Å². The van der Waals surface area contributed by atoms with Gasteiger partial charge in [0.2, 0.25) is 5.89 Å². The maximum atomic E-state index is 9.21. The standard InChI is InChI=1S/C17H24N6O/c1-22(12-16-20-17(24-21-16)14-4-5-14)15-6-8-23(11-15)10-13(9-19)3-2-7-18/h13-15H,2-6,8,10-12H2,1H3/t13-,15-/m1/s1. The van der Waals surface area contributed by atoms with Gasteiger partial charge in [-0.05, 0) is 39.3 Å². The second kappa shape index (κ2) is 7.74. The van der Waals surface area contributed by atoms with E-state index in [-0.39, 0.29) is 5.92 Å². The summed E-state index contributed by atoms with van der Waals surface area (Å²) in [7, 11) is 2.10. The van der Waals surface area contributed by atoms with Gasteiger partial charge in [-0.15, -0.1) is 0 Å². The fourth-order valence-corrected chi connectivity index (χ4v) is 3.26. The minimum Gasteiger partial charge on any atom is -0.339 e. The highest BCUT2D eigenvalue weighted by molar-refractivity contribution is 5.02. The molecule has 0 unspecified atom stereocenters. The molecule has 2 fully saturated rings. The van der Waals surface area contributed by atoms with Crippen molar-refractivity contribution in [1.29, 1.82) is 10.5 Å². The lowest BCUT2D eigenvalue weighted by Gasteiger charge is -2.24. The van der Waals surface area contributed by atoms with Crippen molar-refractivity contribution in [2.45, 2.75) is 50.6 Å². The predicted molar refractivity (Wildman–Crippen MR) is 86.5 cm³/mol. The second-order valence-electron chi connectivity index (χ2n) is 6.96. The van der Waals surface area contributed by atoms with Crippen LogP contribution in [0.15, 0.2) is 4.52 Å². The minimum absolute atomic E-state index is 0.0491. The van der Waals surface area contributed by atoms with Crippen LogP contribution >= 0.6 is 0 Å². The van der Waals surface area contributed by atoms with E-state index in [2.05, 4.69) is 39.1 Å². The molecular weight excluding hydrogens is 304 g/mol. The van der Waals surface area contributed by atoms with E-state index in [4.69, 9.17) is 9.78 Å². The zero-order valence-electron chi connectivity index (χ0n) is 14.2. The van der Waals surface area contributed by atoms with E-state index in [9.17, 15) is 5.26 Å². The van der Waals surface area contributed by atoms with Crippen molar-refractivity contribution in [3.63, 3.8) is 0 Å². The van der Waals surface area contributed by atoms with Gasteiger partial charge in [0.1, 0.15) is 0 Å². The van der Waals surface area contributed by atoms with Gasteiger partial charge in [-0.25, -0.2) is 0 Å². The lowest BCUT2D eigenvalue weighted by atomic mass is 10.1. The highest BCUT2D eigenvalue weighted by Gasteiger charge is 2.31. The molecule has 1 aliphatic heterocycles. The Labute approximate surface area is 142 Å². The molecule has 0 aromatic carbocycles. The Morgan fingerprint density at radius 1 is 1.38 bits per heavy atom. The van der Waals surface area contributed by atoms with Gasteiger partial charge in [-0.2, -0.15) is 15.5 Å². The SMILES string of the molecule is CN(Cc1noc(C2CC2)n1)[C@@H]1CCN(C[C@@H](C#N)CCC#N)C1. The lowest BCUT2D eigenvalue weighted by Crippen LogP contribution is -2.35. The Morgan fingerprint density at radius 2 is 2.21 bits per heavy atom. The third kappa shape index (κ3) is 4.31. The van der Waals surface area contributed by atoms with Crippen LogP contribution in [0.4, 0.5) is 0 Å². The maximum absolute atomic E-state index is 9.21. The second-order valence-corrected chi connectivity index (χ2v) is 6.96. The van der Waals surface area contributed by atoms with Gasteiger partial charge >= 0.3 is 0 Å². The fraction of sp³-hybridized carbons (Fsp3) is 0.765. The summed E-state index contributed by atoms with van der Waals surface area (Å²) < 4.78 is 5.32. The normalized spacial score (nSPS) is 22.4. The van der Waals surface area contributed by atoms with E-state index in [1.165, 1.54) is 12.8 Å². The van der Waals surface area contributed by atoms with Crippen molar-refractivity contribution in [3.8, 4) is 12.1 Å². The van der Waals surface area contributed by atoms with Crippen molar-refractivity contribution >= 4 is 0 Å². The summed E-state index contributed by atoms with van der Waals surface area (Å²) in [6.07, 6.45) is 4.54. The zero-order chi connectivity index (χ0) is 16.9. The molecule has 0 radical (unpaired) electrons. The number of aromatic nitrogens is 2. The van der Waals surface area contributed by atoms with Crippen molar-refractivity contribution in [1.82, 2.24) is 19.9 Å². The van der Waals surface area contributed by atoms with E-state index >= 15 is 0 Å². The van der Waals surface area contributed by atoms with Crippen molar-refractivity contribution in [2.75, 3.05) is 26.7 Å².